The Morgan fingerprint density at radius 1 is 1.08 bits per heavy atom. The molecule has 1 atom stereocenters. The minimum absolute atomic E-state index is 0.0197. The van der Waals surface area contributed by atoms with E-state index in [1.807, 2.05) is 30.3 Å². The van der Waals surface area contributed by atoms with Gasteiger partial charge in [0.25, 0.3) is 11.5 Å². The van der Waals surface area contributed by atoms with E-state index in [0.717, 1.165) is 23.6 Å². The first-order valence-electron chi connectivity index (χ1n) is 12.9. The average molecular weight is 523 g/mol. The molecule has 1 fully saturated rings. The number of hydrogen-bond donors (Lipinski definition) is 0. The van der Waals surface area contributed by atoms with Crippen LogP contribution in [-0.2, 0) is 16.0 Å². The first-order chi connectivity index (χ1) is 19.0. The van der Waals surface area contributed by atoms with Gasteiger partial charge in [0.2, 0.25) is 0 Å². The summed E-state index contributed by atoms with van der Waals surface area (Å²) in [7, 11) is 0. The third-order valence-corrected chi connectivity index (χ3v) is 6.90. The van der Waals surface area contributed by atoms with Crippen LogP contribution in [0, 0.1) is 0 Å². The third-order valence-electron chi connectivity index (χ3n) is 6.90. The van der Waals surface area contributed by atoms with E-state index >= 15 is 0 Å². The van der Waals surface area contributed by atoms with Gasteiger partial charge < -0.3 is 14.0 Å². The van der Waals surface area contributed by atoms with Gasteiger partial charge in [-0.05, 0) is 60.9 Å². The zero-order chi connectivity index (χ0) is 26.9. The molecule has 9 nitrogen and oxygen atoms in total. The van der Waals surface area contributed by atoms with Gasteiger partial charge >= 0.3 is 5.97 Å². The summed E-state index contributed by atoms with van der Waals surface area (Å²) in [5.41, 5.74) is 0.896. The van der Waals surface area contributed by atoms with E-state index in [1.165, 1.54) is 10.5 Å². The van der Waals surface area contributed by atoms with Gasteiger partial charge in [0.15, 0.2) is 5.49 Å². The minimum atomic E-state index is -0.678. The number of aromatic nitrogens is 3. The molecule has 1 saturated heterocycles. The Morgan fingerprint density at radius 3 is 2.69 bits per heavy atom. The van der Waals surface area contributed by atoms with Crippen LogP contribution >= 0.6 is 0 Å². The van der Waals surface area contributed by atoms with Crippen molar-refractivity contribution in [3.8, 4) is 0 Å². The van der Waals surface area contributed by atoms with Crippen molar-refractivity contribution in [3.05, 3.63) is 99.9 Å². The van der Waals surface area contributed by atoms with Crippen LogP contribution in [0.4, 0.5) is 0 Å². The first-order valence-corrected chi connectivity index (χ1v) is 12.9. The Balaban J connectivity index is 1.65. The standard InChI is InChI=1S/C30H26N4O5/c1-2-38-30(37)24-17-23-26(31-25-11-5-6-14-33(25)29(23)36)34(18-22-10-7-15-39-22)27(24)32-28(35)21-13-12-19-8-3-4-9-20(19)16-21/h3-6,8-9,11-14,16-17,22H,2,7,10,15,18H2,1H3. The summed E-state index contributed by atoms with van der Waals surface area (Å²) in [5, 5.41) is 2.12. The third kappa shape index (κ3) is 4.61. The van der Waals surface area contributed by atoms with Crippen molar-refractivity contribution in [2.75, 3.05) is 13.2 Å². The van der Waals surface area contributed by atoms with E-state index in [4.69, 9.17) is 14.5 Å². The number of nitrogens with zero attached hydrogens (tertiary/aromatic N) is 4. The largest absolute Gasteiger partial charge is 0.462 e. The maximum absolute atomic E-state index is 13.5. The summed E-state index contributed by atoms with van der Waals surface area (Å²) in [6.45, 7) is 2.70. The molecule has 1 aliphatic rings. The van der Waals surface area contributed by atoms with Crippen LogP contribution in [0.15, 0.2) is 82.7 Å². The predicted octanol–water partition coefficient (Wildman–Crippen LogP) is 3.90. The summed E-state index contributed by atoms with van der Waals surface area (Å²) in [6, 6.07) is 19.8. The number of carbonyl (C=O) groups is 2. The zero-order valence-corrected chi connectivity index (χ0v) is 21.4. The second-order valence-electron chi connectivity index (χ2n) is 9.41. The number of fused-ring (bicyclic) bond motifs is 3. The van der Waals surface area contributed by atoms with Crippen molar-refractivity contribution >= 4 is 39.3 Å². The highest BCUT2D eigenvalue weighted by molar-refractivity contribution is 6.00. The highest BCUT2D eigenvalue weighted by Gasteiger charge is 2.24. The summed E-state index contributed by atoms with van der Waals surface area (Å²) in [6.07, 6.45) is 3.13. The van der Waals surface area contributed by atoms with Gasteiger partial charge in [0.05, 0.1) is 24.6 Å². The van der Waals surface area contributed by atoms with Crippen molar-refractivity contribution in [1.82, 2.24) is 14.0 Å². The molecule has 0 spiro atoms. The molecule has 9 heteroatoms. The summed E-state index contributed by atoms with van der Waals surface area (Å²) >= 11 is 0. The van der Waals surface area contributed by atoms with Crippen LogP contribution < -0.4 is 11.0 Å². The van der Waals surface area contributed by atoms with Crippen molar-refractivity contribution in [3.63, 3.8) is 0 Å². The monoisotopic (exact) mass is 522 g/mol. The molecule has 196 valence electrons. The molecule has 3 aromatic heterocycles. The fraction of sp³-hybridized carbons (Fsp3) is 0.233. The van der Waals surface area contributed by atoms with Crippen molar-refractivity contribution < 1.29 is 19.1 Å². The minimum Gasteiger partial charge on any atom is -0.462 e. The molecule has 39 heavy (non-hydrogen) atoms. The topological polar surface area (TPSA) is 104 Å². The molecule has 1 aliphatic heterocycles. The van der Waals surface area contributed by atoms with Gasteiger partial charge in [-0.2, -0.15) is 4.99 Å². The fourth-order valence-corrected chi connectivity index (χ4v) is 5.01. The number of ether oxygens (including phenoxy) is 2. The Kier molecular flexibility index (Phi) is 6.50. The lowest BCUT2D eigenvalue weighted by atomic mass is 10.1. The Labute approximate surface area is 223 Å². The average Bonchev–Trinajstić information content (AvgIpc) is 3.47. The van der Waals surface area contributed by atoms with Crippen molar-refractivity contribution in [2.24, 2.45) is 4.99 Å². The number of pyridine rings is 2. The predicted molar refractivity (Wildman–Crippen MR) is 146 cm³/mol. The molecule has 1 amide bonds. The molecule has 1 unspecified atom stereocenters. The maximum atomic E-state index is 13.5. The quantitative estimate of drug-likeness (QED) is 0.256. The SMILES string of the molecule is CCOC(=O)c1cc2c(=O)n3ccccc3nc2n(CC2CCCO2)c1=NC(=O)c1ccc2ccccc2c1. The second-order valence-corrected chi connectivity index (χ2v) is 9.41. The molecular weight excluding hydrogens is 496 g/mol. The molecule has 6 rings (SSSR count). The number of amides is 1. The molecule has 0 bridgehead atoms. The Morgan fingerprint density at radius 2 is 1.90 bits per heavy atom. The summed E-state index contributed by atoms with van der Waals surface area (Å²) in [4.78, 5) is 49.5. The van der Waals surface area contributed by atoms with Crippen LogP contribution in [0.5, 0.6) is 0 Å². The highest BCUT2D eigenvalue weighted by Crippen LogP contribution is 2.19. The van der Waals surface area contributed by atoms with Gasteiger partial charge in [0, 0.05) is 18.4 Å². The van der Waals surface area contributed by atoms with Gasteiger partial charge in [-0.25, -0.2) is 9.78 Å². The number of carbonyl (C=O) groups excluding carboxylic acids is 2. The normalized spacial score (nSPS) is 15.8. The summed E-state index contributed by atoms with van der Waals surface area (Å²) in [5.74, 6) is -1.20. The molecule has 0 N–H and O–H groups in total. The lowest BCUT2D eigenvalue weighted by molar-refractivity contribution is 0.0521. The molecule has 0 radical (unpaired) electrons. The first kappa shape index (κ1) is 24.7. The van der Waals surface area contributed by atoms with Gasteiger partial charge in [-0.1, -0.05) is 36.4 Å². The molecule has 0 saturated carbocycles. The summed E-state index contributed by atoms with van der Waals surface area (Å²) < 4.78 is 14.3. The lowest BCUT2D eigenvalue weighted by Gasteiger charge is -2.18. The van der Waals surface area contributed by atoms with E-state index in [9.17, 15) is 14.4 Å². The molecule has 2 aromatic carbocycles. The van der Waals surface area contributed by atoms with Crippen LogP contribution in [-0.4, -0.2) is 45.1 Å². The lowest BCUT2D eigenvalue weighted by Crippen LogP contribution is -2.35. The van der Waals surface area contributed by atoms with Gasteiger partial charge in [0.1, 0.15) is 16.9 Å². The van der Waals surface area contributed by atoms with Gasteiger partial charge in [-0.3, -0.25) is 14.0 Å². The zero-order valence-electron chi connectivity index (χ0n) is 21.4. The van der Waals surface area contributed by atoms with E-state index in [0.29, 0.717) is 23.5 Å². The van der Waals surface area contributed by atoms with E-state index in [-0.39, 0.29) is 41.3 Å². The van der Waals surface area contributed by atoms with Crippen LogP contribution in [0.25, 0.3) is 27.5 Å². The Bertz CT molecular complexity index is 1880. The molecule has 4 heterocycles. The van der Waals surface area contributed by atoms with Gasteiger partial charge in [-0.15, -0.1) is 0 Å². The van der Waals surface area contributed by atoms with E-state index < -0.39 is 11.9 Å². The number of benzene rings is 2. The van der Waals surface area contributed by atoms with E-state index in [1.54, 1.807) is 48.0 Å². The molecule has 5 aromatic rings. The van der Waals surface area contributed by atoms with Crippen molar-refractivity contribution in [2.45, 2.75) is 32.4 Å². The van der Waals surface area contributed by atoms with Crippen molar-refractivity contribution in [1.29, 1.82) is 0 Å². The van der Waals surface area contributed by atoms with Crippen LogP contribution in [0.3, 0.4) is 0 Å². The number of rotatable bonds is 5. The molecular formula is C30H26N4O5. The highest BCUT2D eigenvalue weighted by atomic mass is 16.5. The molecule has 0 aliphatic carbocycles. The number of esters is 1. The maximum Gasteiger partial charge on any atom is 0.341 e. The fourth-order valence-electron chi connectivity index (χ4n) is 5.01. The van der Waals surface area contributed by atoms with Crippen LogP contribution in [0.2, 0.25) is 0 Å². The van der Waals surface area contributed by atoms with Crippen LogP contribution in [0.1, 0.15) is 40.5 Å². The Hall–Kier alpha value is -4.63. The smallest absolute Gasteiger partial charge is 0.341 e. The second kappa shape index (κ2) is 10.3. The number of hydrogen-bond acceptors (Lipinski definition) is 6. The van der Waals surface area contributed by atoms with E-state index in [2.05, 4.69) is 4.99 Å².